The molecular weight excluding hydrogens is 336 g/mol. The molecule has 0 spiro atoms. The Balaban J connectivity index is 1.51. The molecule has 0 saturated carbocycles. The van der Waals surface area contributed by atoms with E-state index in [1.807, 2.05) is 47.8 Å². The molecule has 128 valence electrons. The fourth-order valence-corrected chi connectivity index (χ4v) is 2.92. The number of methoxy groups -OCH3 is 1. The van der Waals surface area contributed by atoms with E-state index in [4.69, 9.17) is 4.74 Å². The van der Waals surface area contributed by atoms with Gasteiger partial charge in [-0.1, -0.05) is 18.2 Å². The van der Waals surface area contributed by atoms with E-state index in [0.29, 0.717) is 11.7 Å². The Morgan fingerprint density at radius 3 is 2.96 bits per heavy atom. The fourth-order valence-electron chi connectivity index (χ4n) is 2.20. The third kappa shape index (κ3) is 5.02. The average Bonchev–Trinajstić information content (AvgIpc) is 3.08. The zero-order valence-corrected chi connectivity index (χ0v) is 14.5. The predicted molar refractivity (Wildman–Crippen MR) is 98.2 cm³/mol. The maximum Gasteiger partial charge on any atom is 0.226 e. The van der Waals surface area contributed by atoms with E-state index in [-0.39, 0.29) is 12.3 Å². The second-order valence-electron chi connectivity index (χ2n) is 5.29. The number of pyridine rings is 1. The number of carbonyl (C=O) groups is 1. The smallest absolute Gasteiger partial charge is 0.226 e. The van der Waals surface area contributed by atoms with E-state index in [2.05, 4.69) is 20.6 Å². The number of ether oxygens (including phenoxy) is 1. The Kier molecular flexibility index (Phi) is 5.58. The Morgan fingerprint density at radius 2 is 2.16 bits per heavy atom. The summed E-state index contributed by atoms with van der Waals surface area (Å²) in [6.45, 7) is 0.458. The summed E-state index contributed by atoms with van der Waals surface area (Å²) >= 11 is 1.45. The molecule has 2 N–H and O–H groups in total. The maximum absolute atomic E-state index is 12.1. The zero-order chi connectivity index (χ0) is 17.5. The molecule has 3 aromatic rings. The first-order valence-electron chi connectivity index (χ1n) is 7.75. The van der Waals surface area contributed by atoms with E-state index >= 15 is 0 Å². The van der Waals surface area contributed by atoms with E-state index in [1.165, 1.54) is 11.3 Å². The molecule has 1 aromatic carbocycles. The minimum atomic E-state index is -0.0718. The molecule has 0 radical (unpaired) electrons. The fraction of sp³-hybridized carbons (Fsp3) is 0.167. The predicted octanol–water partition coefficient (Wildman–Crippen LogP) is 3.15. The molecule has 7 heteroatoms. The van der Waals surface area contributed by atoms with Crippen molar-refractivity contribution >= 4 is 28.2 Å². The van der Waals surface area contributed by atoms with Crippen LogP contribution in [0.15, 0.2) is 54.0 Å². The van der Waals surface area contributed by atoms with Crippen LogP contribution in [0.3, 0.4) is 0 Å². The first kappa shape index (κ1) is 16.9. The van der Waals surface area contributed by atoms with Crippen molar-refractivity contribution in [3.8, 4) is 5.75 Å². The van der Waals surface area contributed by atoms with Crippen LogP contribution in [0.1, 0.15) is 11.3 Å². The zero-order valence-electron chi connectivity index (χ0n) is 13.7. The highest BCUT2D eigenvalue weighted by Gasteiger charge is 2.08. The van der Waals surface area contributed by atoms with Gasteiger partial charge < -0.3 is 15.4 Å². The molecule has 0 fully saturated rings. The third-order valence-electron chi connectivity index (χ3n) is 3.42. The van der Waals surface area contributed by atoms with Gasteiger partial charge in [0.2, 0.25) is 5.91 Å². The number of nitrogens with one attached hydrogen (secondary N) is 2. The molecule has 0 aliphatic heterocycles. The number of thiazole rings is 1. The number of rotatable bonds is 7. The van der Waals surface area contributed by atoms with Crippen LogP contribution >= 0.6 is 11.3 Å². The van der Waals surface area contributed by atoms with Gasteiger partial charge in [-0.25, -0.2) is 9.97 Å². The molecule has 0 aliphatic rings. The molecule has 25 heavy (non-hydrogen) atoms. The maximum atomic E-state index is 12.1. The highest BCUT2D eigenvalue weighted by atomic mass is 32.1. The lowest BCUT2D eigenvalue weighted by molar-refractivity contribution is -0.120. The van der Waals surface area contributed by atoms with Gasteiger partial charge in [-0.15, -0.1) is 11.3 Å². The first-order chi connectivity index (χ1) is 12.2. The van der Waals surface area contributed by atoms with Crippen molar-refractivity contribution in [1.29, 1.82) is 0 Å². The largest absolute Gasteiger partial charge is 0.497 e. The monoisotopic (exact) mass is 354 g/mol. The number of carbonyl (C=O) groups excluding carboxylic acids is 1. The van der Waals surface area contributed by atoms with Gasteiger partial charge in [0.25, 0.3) is 0 Å². The van der Waals surface area contributed by atoms with Gasteiger partial charge in [0, 0.05) is 18.1 Å². The van der Waals surface area contributed by atoms with Gasteiger partial charge in [0.1, 0.15) is 11.6 Å². The Bertz CT molecular complexity index is 836. The number of aromatic nitrogens is 2. The van der Waals surface area contributed by atoms with Crippen LogP contribution < -0.4 is 15.4 Å². The molecule has 0 atom stereocenters. The second-order valence-corrected chi connectivity index (χ2v) is 6.15. The molecule has 3 rings (SSSR count). The average molecular weight is 354 g/mol. The summed E-state index contributed by atoms with van der Waals surface area (Å²) in [4.78, 5) is 20.7. The van der Waals surface area contributed by atoms with Crippen molar-refractivity contribution < 1.29 is 9.53 Å². The minimum Gasteiger partial charge on any atom is -0.497 e. The molecule has 2 aromatic heterocycles. The van der Waals surface area contributed by atoms with Gasteiger partial charge >= 0.3 is 0 Å². The number of amides is 1. The summed E-state index contributed by atoms with van der Waals surface area (Å²) in [5.74, 6) is 1.43. The molecule has 1 amide bonds. The lowest BCUT2D eigenvalue weighted by Gasteiger charge is -2.06. The van der Waals surface area contributed by atoms with Crippen LogP contribution in [0, 0.1) is 0 Å². The quantitative estimate of drug-likeness (QED) is 0.682. The van der Waals surface area contributed by atoms with E-state index in [9.17, 15) is 4.79 Å². The first-order valence-corrected chi connectivity index (χ1v) is 8.63. The van der Waals surface area contributed by atoms with Crippen LogP contribution in [0.4, 0.5) is 10.9 Å². The summed E-state index contributed by atoms with van der Waals surface area (Å²) < 4.78 is 5.18. The highest BCUT2D eigenvalue weighted by Crippen LogP contribution is 2.19. The number of anilines is 2. The molecule has 0 bridgehead atoms. The number of benzene rings is 1. The molecule has 0 unspecified atom stereocenters. The SMILES string of the molecule is COc1cccc(CNC(=O)Cc2csc(Nc3ccccn3)n2)c1. The van der Waals surface area contributed by atoms with Gasteiger partial charge in [-0.3, -0.25) is 4.79 Å². The van der Waals surface area contributed by atoms with Gasteiger partial charge in [0.05, 0.1) is 19.2 Å². The summed E-state index contributed by atoms with van der Waals surface area (Å²) in [6, 6.07) is 13.2. The third-order valence-corrected chi connectivity index (χ3v) is 4.22. The molecular formula is C18H18N4O2S. The van der Waals surface area contributed by atoms with Crippen LogP contribution in [-0.4, -0.2) is 23.0 Å². The van der Waals surface area contributed by atoms with Crippen LogP contribution in [0.25, 0.3) is 0 Å². The summed E-state index contributed by atoms with van der Waals surface area (Å²) in [6.07, 6.45) is 1.95. The molecule has 6 nitrogen and oxygen atoms in total. The molecule has 0 saturated heterocycles. The van der Waals surface area contributed by atoms with E-state index in [1.54, 1.807) is 13.3 Å². The minimum absolute atomic E-state index is 0.0718. The number of hydrogen-bond donors (Lipinski definition) is 2. The number of hydrogen-bond acceptors (Lipinski definition) is 6. The van der Waals surface area contributed by atoms with Crippen LogP contribution in [-0.2, 0) is 17.8 Å². The van der Waals surface area contributed by atoms with Crippen molar-refractivity contribution in [2.45, 2.75) is 13.0 Å². The summed E-state index contributed by atoms with van der Waals surface area (Å²) in [7, 11) is 1.62. The lowest BCUT2D eigenvalue weighted by atomic mass is 10.2. The van der Waals surface area contributed by atoms with Crippen molar-refractivity contribution in [3.05, 3.63) is 65.3 Å². The lowest BCUT2D eigenvalue weighted by Crippen LogP contribution is -2.24. The summed E-state index contributed by atoms with van der Waals surface area (Å²) in [5.41, 5.74) is 1.72. The van der Waals surface area contributed by atoms with Crippen LogP contribution in [0.2, 0.25) is 0 Å². The Hall–Kier alpha value is -2.93. The van der Waals surface area contributed by atoms with Crippen LogP contribution in [0.5, 0.6) is 5.75 Å². The molecule has 2 heterocycles. The van der Waals surface area contributed by atoms with Gasteiger partial charge in [-0.05, 0) is 29.8 Å². The Morgan fingerprint density at radius 1 is 1.24 bits per heavy atom. The van der Waals surface area contributed by atoms with Crippen molar-refractivity contribution in [2.75, 3.05) is 12.4 Å². The normalized spacial score (nSPS) is 10.3. The topological polar surface area (TPSA) is 76.1 Å². The molecule has 0 aliphatic carbocycles. The highest BCUT2D eigenvalue weighted by molar-refractivity contribution is 7.13. The standard InChI is InChI=1S/C18H18N4O2S/c1-24-15-6-4-5-13(9-15)11-20-17(23)10-14-12-25-18(21-14)22-16-7-2-3-8-19-16/h2-9,12H,10-11H2,1H3,(H,20,23)(H,19,21,22). The van der Waals surface area contributed by atoms with Gasteiger partial charge in [-0.2, -0.15) is 0 Å². The van der Waals surface area contributed by atoms with Crippen molar-refractivity contribution in [2.24, 2.45) is 0 Å². The summed E-state index contributed by atoms with van der Waals surface area (Å²) in [5, 5.41) is 8.60. The van der Waals surface area contributed by atoms with E-state index in [0.717, 1.165) is 22.8 Å². The number of nitrogens with zero attached hydrogens (tertiary/aromatic N) is 2. The van der Waals surface area contributed by atoms with Crippen molar-refractivity contribution in [3.63, 3.8) is 0 Å². The van der Waals surface area contributed by atoms with Crippen molar-refractivity contribution in [1.82, 2.24) is 15.3 Å². The Labute approximate surface area is 149 Å². The second kappa shape index (κ2) is 8.25. The van der Waals surface area contributed by atoms with E-state index < -0.39 is 0 Å². The van der Waals surface area contributed by atoms with Gasteiger partial charge in [0.15, 0.2) is 5.13 Å².